The number of likely N-dealkylation sites (tertiary alicyclic amines) is 1. The van der Waals surface area contributed by atoms with E-state index in [1.54, 1.807) is 35.5 Å². The summed E-state index contributed by atoms with van der Waals surface area (Å²) in [4.78, 5) is 27.0. The van der Waals surface area contributed by atoms with Gasteiger partial charge in [-0.3, -0.25) is 9.59 Å². The van der Waals surface area contributed by atoms with E-state index in [4.69, 9.17) is 4.74 Å². The fourth-order valence-corrected chi connectivity index (χ4v) is 3.88. The Labute approximate surface area is 144 Å². The highest BCUT2D eigenvalue weighted by Gasteiger charge is 2.40. The molecule has 5 nitrogen and oxygen atoms in total. The highest BCUT2D eigenvalue weighted by Crippen LogP contribution is 2.38. The van der Waals surface area contributed by atoms with Crippen LogP contribution in [0.25, 0.3) is 0 Å². The Morgan fingerprint density at radius 1 is 1.33 bits per heavy atom. The van der Waals surface area contributed by atoms with Gasteiger partial charge in [0.25, 0.3) is 0 Å². The van der Waals surface area contributed by atoms with Gasteiger partial charge in [-0.2, -0.15) is 0 Å². The van der Waals surface area contributed by atoms with E-state index in [1.165, 1.54) is 0 Å². The molecule has 0 spiro atoms. The molecule has 3 rings (SSSR count). The summed E-state index contributed by atoms with van der Waals surface area (Å²) in [5.41, 5.74) is 0.827. The molecular weight excluding hydrogens is 326 g/mol. The molecule has 1 amide bonds. The van der Waals surface area contributed by atoms with Crippen molar-refractivity contribution < 1.29 is 19.4 Å². The summed E-state index contributed by atoms with van der Waals surface area (Å²) in [6.45, 7) is 0.441. The molecule has 0 aliphatic carbocycles. The SMILES string of the molecule is COc1ccc([C@@H]2[C@@H](C(=O)O)CCC(=O)N2Cc2cccs2)cc1. The molecule has 1 saturated heterocycles. The number of methoxy groups -OCH3 is 1. The normalized spacial score (nSPS) is 20.9. The predicted molar refractivity (Wildman–Crippen MR) is 91.0 cm³/mol. The quantitative estimate of drug-likeness (QED) is 0.903. The average Bonchev–Trinajstić information content (AvgIpc) is 3.09. The molecule has 0 saturated carbocycles. The minimum atomic E-state index is -0.862. The van der Waals surface area contributed by atoms with Crippen molar-refractivity contribution in [2.45, 2.75) is 25.4 Å². The van der Waals surface area contributed by atoms with Gasteiger partial charge < -0.3 is 14.7 Å². The van der Waals surface area contributed by atoms with Gasteiger partial charge in [0, 0.05) is 11.3 Å². The van der Waals surface area contributed by atoms with Crippen LogP contribution in [-0.4, -0.2) is 29.0 Å². The summed E-state index contributed by atoms with van der Waals surface area (Å²) in [6, 6.07) is 10.7. The standard InChI is InChI=1S/C18H19NO4S/c1-23-13-6-4-12(5-7-13)17-15(18(21)22)8-9-16(20)19(17)11-14-3-2-10-24-14/h2-7,10,15,17H,8-9,11H2,1H3,(H,21,22)/t15-,17+/m0/s1. The summed E-state index contributed by atoms with van der Waals surface area (Å²) >= 11 is 1.57. The molecule has 1 N–H and O–H groups in total. The van der Waals surface area contributed by atoms with Crippen LogP contribution in [0.1, 0.15) is 29.3 Å². The van der Waals surface area contributed by atoms with Crippen LogP contribution in [0, 0.1) is 5.92 Å². The summed E-state index contributed by atoms with van der Waals surface area (Å²) in [5, 5.41) is 11.6. The summed E-state index contributed by atoms with van der Waals surface area (Å²) in [6.07, 6.45) is 0.640. The van der Waals surface area contributed by atoms with Crippen molar-refractivity contribution in [3.63, 3.8) is 0 Å². The number of carboxylic acids is 1. The third-order valence-electron chi connectivity index (χ3n) is 4.39. The van der Waals surface area contributed by atoms with Gasteiger partial charge in [-0.05, 0) is 35.6 Å². The lowest BCUT2D eigenvalue weighted by atomic mass is 9.84. The third kappa shape index (κ3) is 3.28. The van der Waals surface area contributed by atoms with Crippen molar-refractivity contribution in [3.05, 3.63) is 52.2 Å². The first-order valence-corrected chi connectivity index (χ1v) is 8.66. The maximum absolute atomic E-state index is 12.5. The molecule has 1 aromatic heterocycles. The summed E-state index contributed by atoms with van der Waals surface area (Å²) < 4.78 is 5.17. The number of carboxylic acid groups (broad SMARTS) is 1. The van der Waals surface area contributed by atoms with E-state index < -0.39 is 17.9 Å². The van der Waals surface area contributed by atoms with E-state index in [1.807, 2.05) is 29.6 Å². The van der Waals surface area contributed by atoms with Crippen molar-refractivity contribution in [1.29, 1.82) is 0 Å². The highest BCUT2D eigenvalue weighted by molar-refractivity contribution is 7.09. The Bertz CT molecular complexity index is 711. The first kappa shape index (κ1) is 16.5. The number of ether oxygens (including phenoxy) is 1. The number of hydrogen-bond donors (Lipinski definition) is 1. The van der Waals surface area contributed by atoms with Crippen LogP contribution in [-0.2, 0) is 16.1 Å². The molecule has 6 heteroatoms. The third-order valence-corrected chi connectivity index (χ3v) is 5.25. The fourth-order valence-electron chi connectivity index (χ4n) is 3.18. The molecule has 0 bridgehead atoms. The van der Waals surface area contributed by atoms with E-state index in [9.17, 15) is 14.7 Å². The number of hydrogen-bond acceptors (Lipinski definition) is 4. The number of carbonyl (C=O) groups is 2. The topological polar surface area (TPSA) is 66.8 Å². The van der Waals surface area contributed by atoms with E-state index in [0.717, 1.165) is 10.4 Å². The van der Waals surface area contributed by atoms with Crippen LogP contribution < -0.4 is 4.74 Å². The zero-order valence-corrected chi connectivity index (χ0v) is 14.2. The molecule has 0 unspecified atom stereocenters. The number of piperidine rings is 1. The molecule has 0 radical (unpaired) electrons. The zero-order chi connectivity index (χ0) is 17.1. The van der Waals surface area contributed by atoms with E-state index in [-0.39, 0.29) is 12.3 Å². The van der Waals surface area contributed by atoms with Gasteiger partial charge in [0.05, 0.1) is 25.6 Å². The van der Waals surface area contributed by atoms with Gasteiger partial charge in [-0.1, -0.05) is 18.2 Å². The van der Waals surface area contributed by atoms with E-state index >= 15 is 0 Å². The lowest BCUT2D eigenvalue weighted by Gasteiger charge is -2.39. The van der Waals surface area contributed by atoms with E-state index in [0.29, 0.717) is 18.7 Å². The van der Waals surface area contributed by atoms with Crippen LogP contribution in [0.2, 0.25) is 0 Å². The minimum absolute atomic E-state index is 0.00159. The number of amides is 1. The van der Waals surface area contributed by atoms with Crippen LogP contribution in [0.15, 0.2) is 41.8 Å². The Morgan fingerprint density at radius 2 is 2.08 bits per heavy atom. The van der Waals surface area contributed by atoms with Gasteiger partial charge in [-0.15, -0.1) is 11.3 Å². The molecule has 2 heterocycles. The Hall–Kier alpha value is -2.34. The van der Waals surface area contributed by atoms with Crippen molar-refractivity contribution in [1.82, 2.24) is 4.90 Å². The van der Waals surface area contributed by atoms with E-state index in [2.05, 4.69) is 0 Å². The van der Waals surface area contributed by atoms with Crippen molar-refractivity contribution >= 4 is 23.2 Å². The molecule has 1 aliphatic heterocycles. The number of benzene rings is 1. The van der Waals surface area contributed by atoms with Crippen LogP contribution in [0.4, 0.5) is 0 Å². The number of nitrogens with zero attached hydrogens (tertiary/aromatic N) is 1. The number of thiophene rings is 1. The second-order valence-corrected chi connectivity index (χ2v) is 6.83. The summed E-state index contributed by atoms with van der Waals surface area (Å²) in [5.74, 6) is -0.755. The lowest BCUT2D eigenvalue weighted by Crippen LogP contribution is -2.44. The largest absolute Gasteiger partial charge is 0.497 e. The predicted octanol–water partition coefficient (Wildman–Crippen LogP) is 3.32. The Balaban J connectivity index is 1.97. The maximum Gasteiger partial charge on any atom is 0.308 e. The molecule has 24 heavy (non-hydrogen) atoms. The first-order chi connectivity index (χ1) is 11.6. The average molecular weight is 345 g/mol. The Kier molecular flexibility index (Phi) is 4.85. The maximum atomic E-state index is 12.5. The van der Waals surface area contributed by atoms with Gasteiger partial charge in [0.2, 0.25) is 5.91 Å². The smallest absolute Gasteiger partial charge is 0.308 e. The Morgan fingerprint density at radius 3 is 2.67 bits per heavy atom. The molecule has 1 aromatic carbocycles. The minimum Gasteiger partial charge on any atom is -0.497 e. The number of carbonyl (C=O) groups excluding carboxylic acids is 1. The van der Waals surface area contributed by atoms with Gasteiger partial charge >= 0.3 is 5.97 Å². The molecular formula is C18H19NO4S. The van der Waals surface area contributed by atoms with Crippen LogP contribution >= 0.6 is 11.3 Å². The molecule has 1 fully saturated rings. The van der Waals surface area contributed by atoms with Crippen LogP contribution in [0.5, 0.6) is 5.75 Å². The number of rotatable bonds is 5. The lowest BCUT2D eigenvalue weighted by molar-refractivity contribution is -0.152. The van der Waals surface area contributed by atoms with Gasteiger partial charge in [-0.25, -0.2) is 0 Å². The molecule has 2 aromatic rings. The fraction of sp³-hybridized carbons (Fsp3) is 0.333. The number of aliphatic carboxylic acids is 1. The highest BCUT2D eigenvalue weighted by atomic mass is 32.1. The van der Waals surface area contributed by atoms with Gasteiger partial charge in [0.1, 0.15) is 5.75 Å². The van der Waals surface area contributed by atoms with Gasteiger partial charge in [0.15, 0.2) is 0 Å². The van der Waals surface area contributed by atoms with Crippen LogP contribution in [0.3, 0.4) is 0 Å². The molecule has 1 aliphatic rings. The van der Waals surface area contributed by atoms with Crippen molar-refractivity contribution in [2.24, 2.45) is 5.92 Å². The zero-order valence-electron chi connectivity index (χ0n) is 13.3. The van der Waals surface area contributed by atoms with Crippen molar-refractivity contribution in [3.8, 4) is 5.75 Å². The van der Waals surface area contributed by atoms with Crippen molar-refractivity contribution in [2.75, 3.05) is 7.11 Å². The molecule has 2 atom stereocenters. The molecule has 126 valence electrons. The monoisotopic (exact) mass is 345 g/mol. The second kappa shape index (κ2) is 7.05. The first-order valence-electron chi connectivity index (χ1n) is 7.78. The summed E-state index contributed by atoms with van der Waals surface area (Å²) in [7, 11) is 1.59. The second-order valence-electron chi connectivity index (χ2n) is 5.80.